The average Bonchev–Trinajstić information content (AvgIpc) is 2.81. The van der Waals surface area contributed by atoms with Crippen LogP contribution in [0, 0.1) is 11.8 Å². The van der Waals surface area contributed by atoms with Crippen LogP contribution in [0.5, 0.6) is 0 Å². The predicted molar refractivity (Wildman–Crippen MR) is 146 cm³/mol. The molecule has 1 rings (SSSR count). The highest BCUT2D eigenvalue weighted by molar-refractivity contribution is 5.97. The summed E-state index contributed by atoms with van der Waals surface area (Å²) in [6, 6.07) is 0. The third-order valence-electron chi connectivity index (χ3n) is 6.03. The SMILES string of the molecule is CCCCCCN=C(N)NC(N)=NCC1CCCC(CN=C(N)NC(N)=NCCCCCC)C1. The van der Waals surface area contributed by atoms with Crippen LogP contribution < -0.4 is 33.6 Å². The Bertz CT molecular complexity index is 602. The summed E-state index contributed by atoms with van der Waals surface area (Å²) < 4.78 is 0. The lowest BCUT2D eigenvalue weighted by atomic mass is 9.81. The Kier molecular flexibility index (Phi) is 16.4. The Morgan fingerprint density at radius 2 is 1.03 bits per heavy atom. The molecule has 10 nitrogen and oxygen atoms in total. The molecule has 196 valence electrons. The van der Waals surface area contributed by atoms with E-state index in [0.29, 0.717) is 61.9 Å². The van der Waals surface area contributed by atoms with Crippen LogP contribution in [0.25, 0.3) is 0 Å². The van der Waals surface area contributed by atoms with Crippen molar-refractivity contribution in [3.8, 4) is 0 Å². The molecule has 2 atom stereocenters. The zero-order chi connectivity index (χ0) is 25.0. The Morgan fingerprint density at radius 1 is 0.618 bits per heavy atom. The van der Waals surface area contributed by atoms with Crippen LogP contribution in [-0.2, 0) is 0 Å². The first kappa shape index (κ1) is 29.5. The average molecular weight is 479 g/mol. The molecule has 2 unspecified atom stereocenters. The van der Waals surface area contributed by atoms with Gasteiger partial charge in [0.1, 0.15) is 0 Å². The number of unbranched alkanes of at least 4 members (excludes halogenated alkanes) is 6. The molecule has 0 aliphatic heterocycles. The minimum absolute atomic E-state index is 0.327. The van der Waals surface area contributed by atoms with E-state index >= 15 is 0 Å². The van der Waals surface area contributed by atoms with Crippen LogP contribution in [-0.4, -0.2) is 50.0 Å². The van der Waals surface area contributed by atoms with Gasteiger partial charge in [0.15, 0.2) is 23.8 Å². The van der Waals surface area contributed by atoms with Crippen molar-refractivity contribution >= 4 is 23.8 Å². The Labute approximate surface area is 206 Å². The van der Waals surface area contributed by atoms with Gasteiger partial charge in [0.05, 0.1) is 0 Å². The molecule has 0 aromatic rings. The second-order valence-electron chi connectivity index (χ2n) is 9.26. The maximum Gasteiger partial charge on any atom is 0.195 e. The summed E-state index contributed by atoms with van der Waals surface area (Å²) in [5.74, 6) is 2.28. The van der Waals surface area contributed by atoms with Gasteiger partial charge in [0, 0.05) is 26.2 Å². The van der Waals surface area contributed by atoms with Crippen molar-refractivity contribution in [3.05, 3.63) is 0 Å². The number of nitrogens with two attached hydrogens (primary N) is 4. The molecule has 1 saturated carbocycles. The lowest BCUT2D eigenvalue weighted by Gasteiger charge is -2.27. The number of guanidine groups is 4. The third-order valence-corrected chi connectivity index (χ3v) is 6.03. The fourth-order valence-electron chi connectivity index (χ4n) is 4.09. The molecule has 0 aromatic carbocycles. The maximum absolute atomic E-state index is 5.99. The summed E-state index contributed by atoms with van der Waals surface area (Å²) in [6.07, 6.45) is 13.8. The van der Waals surface area contributed by atoms with Crippen LogP contribution in [0.15, 0.2) is 20.0 Å². The first-order valence-electron chi connectivity index (χ1n) is 13.2. The number of hydrogen-bond donors (Lipinski definition) is 6. The Hall–Kier alpha value is -2.52. The fraction of sp³-hybridized carbons (Fsp3) is 0.833. The Morgan fingerprint density at radius 3 is 1.44 bits per heavy atom. The van der Waals surface area contributed by atoms with Gasteiger partial charge in [0.25, 0.3) is 0 Å². The normalized spacial score (nSPS) is 20.4. The van der Waals surface area contributed by atoms with E-state index in [1.807, 2.05) is 0 Å². The highest BCUT2D eigenvalue weighted by Gasteiger charge is 2.21. The van der Waals surface area contributed by atoms with E-state index in [0.717, 1.165) is 38.5 Å². The van der Waals surface area contributed by atoms with Crippen LogP contribution >= 0.6 is 0 Å². The number of hydrogen-bond acceptors (Lipinski definition) is 4. The number of rotatable bonds is 14. The van der Waals surface area contributed by atoms with Gasteiger partial charge in [-0.2, -0.15) is 0 Å². The monoisotopic (exact) mass is 478 g/mol. The first-order valence-corrected chi connectivity index (χ1v) is 13.2. The second-order valence-corrected chi connectivity index (χ2v) is 9.26. The Balaban J connectivity index is 2.34. The quantitative estimate of drug-likeness (QED) is 0.127. The van der Waals surface area contributed by atoms with Crippen molar-refractivity contribution in [2.24, 2.45) is 54.7 Å². The van der Waals surface area contributed by atoms with Crippen molar-refractivity contribution < 1.29 is 0 Å². The lowest BCUT2D eigenvalue weighted by Crippen LogP contribution is -2.42. The van der Waals surface area contributed by atoms with Gasteiger partial charge in [-0.05, 0) is 43.9 Å². The molecule has 0 bridgehead atoms. The van der Waals surface area contributed by atoms with E-state index in [1.54, 1.807) is 0 Å². The molecule has 10 heteroatoms. The minimum Gasteiger partial charge on any atom is -0.370 e. The molecule has 0 aromatic heterocycles. The summed E-state index contributed by atoms with van der Waals surface area (Å²) in [6.45, 7) is 7.15. The topological polar surface area (TPSA) is 178 Å². The summed E-state index contributed by atoms with van der Waals surface area (Å²) in [4.78, 5) is 17.6. The van der Waals surface area contributed by atoms with E-state index in [-0.39, 0.29) is 0 Å². The van der Waals surface area contributed by atoms with E-state index in [1.165, 1.54) is 38.5 Å². The standard InChI is InChI=1S/C24H50N10/c1-3-5-7-9-14-29-21(25)33-23(27)31-17-19-12-11-13-20(16-19)18-32-24(28)34-22(26)30-15-10-8-6-4-2/h19-20H,3-18H2,1-2H3,(H5,25,27,29,31,33)(H5,26,28,30,32,34). The van der Waals surface area contributed by atoms with Crippen LogP contribution in [0.1, 0.15) is 90.9 Å². The van der Waals surface area contributed by atoms with Crippen molar-refractivity contribution in [2.45, 2.75) is 90.9 Å². The van der Waals surface area contributed by atoms with E-state index in [4.69, 9.17) is 22.9 Å². The van der Waals surface area contributed by atoms with E-state index < -0.39 is 0 Å². The second kappa shape index (κ2) is 18.9. The molecule has 0 radical (unpaired) electrons. The van der Waals surface area contributed by atoms with Gasteiger partial charge in [-0.15, -0.1) is 0 Å². The smallest absolute Gasteiger partial charge is 0.195 e. The zero-order valence-corrected chi connectivity index (χ0v) is 21.6. The molecule has 1 aliphatic rings. The number of aliphatic imine (C=N–C) groups is 4. The fourth-order valence-corrected chi connectivity index (χ4v) is 4.09. The molecule has 10 N–H and O–H groups in total. The molecular weight excluding hydrogens is 428 g/mol. The van der Waals surface area contributed by atoms with E-state index in [2.05, 4.69) is 44.5 Å². The summed E-state index contributed by atoms with van der Waals surface area (Å²) in [7, 11) is 0. The predicted octanol–water partition coefficient (Wildman–Crippen LogP) is 2.39. The van der Waals surface area contributed by atoms with Crippen LogP contribution in [0.4, 0.5) is 0 Å². The highest BCUT2D eigenvalue weighted by atomic mass is 15.2. The van der Waals surface area contributed by atoms with E-state index in [9.17, 15) is 0 Å². The summed E-state index contributed by atoms with van der Waals surface area (Å²) in [5, 5.41) is 5.78. The molecule has 0 saturated heterocycles. The van der Waals surface area contributed by atoms with Gasteiger partial charge in [0.2, 0.25) is 0 Å². The molecule has 0 heterocycles. The van der Waals surface area contributed by atoms with Gasteiger partial charge >= 0.3 is 0 Å². The third kappa shape index (κ3) is 15.3. The van der Waals surface area contributed by atoms with Gasteiger partial charge < -0.3 is 22.9 Å². The molecular formula is C24H50N10. The highest BCUT2D eigenvalue weighted by Crippen LogP contribution is 2.29. The van der Waals surface area contributed by atoms with Gasteiger partial charge in [-0.1, -0.05) is 58.8 Å². The maximum atomic E-state index is 5.99. The number of nitrogens with zero attached hydrogens (tertiary/aromatic N) is 4. The number of nitrogens with one attached hydrogen (secondary N) is 2. The van der Waals surface area contributed by atoms with Crippen LogP contribution in [0.3, 0.4) is 0 Å². The molecule has 0 spiro atoms. The molecule has 0 amide bonds. The van der Waals surface area contributed by atoms with Crippen molar-refractivity contribution in [1.82, 2.24) is 10.6 Å². The molecule has 34 heavy (non-hydrogen) atoms. The van der Waals surface area contributed by atoms with Crippen molar-refractivity contribution in [3.63, 3.8) is 0 Å². The van der Waals surface area contributed by atoms with Crippen molar-refractivity contribution in [2.75, 3.05) is 26.2 Å². The van der Waals surface area contributed by atoms with Crippen LogP contribution in [0.2, 0.25) is 0 Å². The summed E-state index contributed by atoms with van der Waals surface area (Å²) >= 11 is 0. The molecule has 1 aliphatic carbocycles. The first-order chi connectivity index (χ1) is 16.4. The minimum atomic E-state index is 0.327. The lowest BCUT2D eigenvalue weighted by molar-refractivity contribution is 0.278. The summed E-state index contributed by atoms with van der Waals surface area (Å²) in [5.41, 5.74) is 23.8. The zero-order valence-electron chi connectivity index (χ0n) is 21.6. The van der Waals surface area contributed by atoms with Gasteiger partial charge in [-0.3, -0.25) is 30.6 Å². The van der Waals surface area contributed by atoms with Gasteiger partial charge in [-0.25, -0.2) is 0 Å². The van der Waals surface area contributed by atoms with Crippen molar-refractivity contribution in [1.29, 1.82) is 0 Å². The molecule has 1 fully saturated rings. The largest absolute Gasteiger partial charge is 0.370 e.